The van der Waals surface area contributed by atoms with E-state index in [1.807, 2.05) is 23.1 Å². The Morgan fingerprint density at radius 1 is 1.21 bits per heavy atom. The fourth-order valence-electron chi connectivity index (χ4n) is 6.92. The number of aromatic nitrogens is 5. The minimum Gasteiger partial charge on any atom is -0.361 e. The van der Waals surface area contributed by atoms with E-state index in [2.05, 4.69) is 37.8 Å². The van der Waals surface area contributed by atoms with Crippen molar-refractivity contribution in [3.8, 4) is 0 Å². The summed E-state index contributed by atoms with van der Waals surface area (Å²) in [6, 6.07) is 8.27. The summed E-state index contributed by atoms with van der Waals surface area (Å²) < 4.78 is 0. The van der Waals surface area contributed by atoms with Gasteiger partial charge in [0.1, 0.15) is 0 Å². The Hall–Kier alpha value is -2.70. The number of H-pyrrole nitrogens is 1. The molecule has 0 aliphatic heterocycles. The molecule has 2 heterocycles. The van der Waals surface area contributed by atoms with Crippen molar-refractivity contribution >= 4 is 16.8 Å². The Balaban J connectivity index is 1.19. The van der Waals surface area contributed by atoms with Crippen LogP contribution in [-0.2, 0) is 16.8 Å². The summed E-state index contributed by atoms with van der Waals surface area (Å²) in [5.74, 6) is 1.46. The van der Waals surface area contributed by atoms with E-state index in [1.165, 1.54) is 23.7 Å². The van der Waals surface area contributed by atoms with Crippen LogP contribution in [0.1, 0.15) is 50.5 Å². The van der Waals surface area contributed by atoms with E-state index in [9.17, 15) is 4.79 Å². The number of rotatable bonds is 5. The van der Waals surface area contributed by atoms with Crippen molar-refractivity contribution in [3.63, 3.8) is 0 Å². The molecule has 29 heavy (non-hydrogen) atoms. The highest BCUT2D eigenvalue weighted by molar-refractivity contribution is 5.84. The number of carbonyl (C=O) groups excluding carboxylic acids is 1. The van der Waals surface area contributed by atoms with Gasteiger partial charge in [-0.15, -0.1) is 10.2 Å². The molecule has 2 aromatic heterocycles. The van der Waals surface area contributed by atoms with E-state index < -0.39 is 0 Å². The van der Waals surface area contributed by atoms with Gasteiger partial charge in [0.25, 0.3) is 0 Å². The Labute approximate surface area is 169 Å². The van der Waals surface area contributed by atoms with Crippen LogP contribution in [0.15, 0.2) is 36.8 Å². The van der Waals surface area contributed by atoms with Gasteiger partial charge < -0.3 is 10.3 Å². The number of tetrazole rings is 1. The van der Waals surface area contributed by atoms with Crippen molar-refractivity contribution in [1.29, 1.82) is 0 Å². The number of fused-ring (bicyclic) bond motifs is 1. The number of amides is 1. The molecular formula is C22H26N6O. The fraction of sp³-hybridized carbons (Fsp3) is 0.545. The van der Waals surface area contributed by atoms with E-state index >= 15 is 0 Å². The number of nitrogens with zero attached hydrogens (tertiary/aromatic N) is 4. The minimum atomic E-state index is -0.102. The summed E-state index contributed by atoms with van der Waals surface area (Å²) in [5, 5.41) is 17.3. The van der Waals surface area contributed by atoms with Gasteiger partial charge in [-0.2, -0.15) is 4.80 Å². The number of aromatic amines is 1. The maximum Gasteiger partial charge on any atom is 0.220 e. The first-order chi connectivity index (χ1) is 14.1. The van der Waals surface area contributed by atoms with E-state index in [0.717, 1.165) is 44.0 Å². The molecule has 4 saturated carbocycles. The topological polar surface area (TPSA) is 88.5 Å². The van der Waals surface area contributed by atoms with Gasteiger partial charge in [0.15, 0.2) is 6.33 Å². The second kappa shape index (κ2) is 6.15. The van der Waals surface area contributed by atoms with Crippen molar-refractivity contribution in [3.05, 3.63) is 42.4 Å². The first-order valence-corrected chi connectivity index (χ1v) is 10.7. The van der Waals surface area contributed by atoms with E-state index in [-0.39, 0.29) is 17.0 Å². The lowest BCUT2D eigenvalue weighted by Crippen LogP contribution is -2.66. The number of nitrogens with one attached hydrogen (secondary N) is 2. The summed E-state index contributed by atoms with van der Waals surface area (Å²) in [7, 11) is 0. The molecule has 1 aromatic carbocycles. The molecule has 7 heteroatoms. The molecular weight excluding hydrogens is 364 g/mol. The van der Waals surface area contributed by atoms with Crippen LogP contribution in [0.3, 0.4) is 0 Å². The molecule has 4 bridgehead atoms. The number of benzene rings is 1. The minimum absolute atomic E-state index is 0.0648. The molecule has 0 radical (unpaired) electrons. The highest BCUT2D eigenvalue weighted by Gasteiger charge is 2.60. The molecule has 4 aliphatic rings. The summed E-state index contributed by atoms with van der Waals surface area (Å²) in [6.45, 7) is 0. The van der Waals surface area contributed by atoms with Gasteiger partial charge in [-0.25, -0.2) is 0 Å². The second-order valence-corrected chi connectivity index (χ2v) is 9.60. The molecule has 4 fully saturated rings. The van der Waals surface area contributed by atoms with Crippen LogP contribution >= 0.6 is 0 Å². The number of para-hydroxylation sites is 1. The predicted octanol–water partition coefficient (Wildman–Crippen LogP) is 2.95. The SMILES string of the molecule is O=C(CCc1c[nH]c2ccccc12)NC12CC3CC(C1)CC(n1ncnn1)(C3)C2. The number of aryl methyl sites for hydroxylation is 1. The molecule has 0 spiro atoms. The van der Waals surface area contributed by atoms with E-state index in [4.69, 9.17) is 0 Å². The maximum atomic E-state index is 13.0. The third-order valence-electron chi connectivity index (χ3n) is 7.50. The van der Waals surface area contributed by atoms with Crippen LogP contribution in [0.2, 0.25) is 0 Å². The van der Waals surface area contributed by atoms with Gasteiger partial charge in [-0.05, 0) is 73.6 Å². The van der Waals surface area contributed by atoms with Gasteiger partial charge in [-0.3, -0.25) is 4.79 Å². The average Bonchev–Trinajstić information content (AvgIpc) is 3.36. The Kier molecular flexibility index (Phi) is 3.64. The highest BCUT2D eigenvalue weighted by atomic mass is 16.1. The van der Waals surface area contributed by atoms with Gasteiger partial charge in [0, 0.05) is 29.1 Å². The summed E-state index contributed by atoms with van der Waals surface area (Å²) in [6.07, 6.45) is 11.5. The molecule has 3 aromatic rings. The zero-order valence-corrected chi connectivity index (χ0v) is 16.5. The molecule has 4 aliphatic carbocycles. The normalized spacial score (nSPS) is 32.7. The lowest BCUT2D eigenvalue weighted by atomic mass is 9.50. The molecule has 0 saturated heterocycles. The molecule has 7 rings (SSSR count). The monoisotopic (exact) mass is 390 g/mol. The predicted molar refractivity (Wildman–Crippen MR) is 108 cm³/mol. The summed E-state index contributed by atoms with van der Waals surface area (Å²) >= 11 is 0. The maximum absolute atomic E-state index is 13.0. The van der Waals surface area contributed by atoms with E-state index in [1.54, 1.807) is 0 Å². The zero-order chi connectivity index (χ0) is 19.5. The van der Waals surface area contributed by atoms with Gasteiger partial charge in [0.05, 0.1) is 5.54 Å². The Morgan fingerprint density at radius 3 is 2.83 bits per heavy atom. The van der Waals surface area contributed by atoms with Crippen LogP contribution in [0.25, 0.3) is 10.9 Å². The van der Waals surface area contributed by atoms with Crippen molar-refractivity contribution in [2.75, 3.05) is 0 Å². The van der Waals surface area contributed by atoms with Gasteiger partial charge in [-0.1, -0.05) is 18.2 Å². The van der Waals surface area contributed by atoms with Crippen LogP contribution in [0, 0.1) is 11.8 Å². The number of hydrogen-bond donors (Lipinski definition) is 2. The van der Waals surface area contributed by atoms with Crippen LogP contribution in [0.5, 0.6) is 0 Å². The van der Waals surface area contributed by atoms with E-state index in [0.29, 0.717) is 18.3 Å². The van der Waals surface area contributed by atoms with Gasteiger partial charge >= 0.3 is 0 Å². The third kappa shape index (κ3) is 2.78. The first kappa shape index (κ1) is 17.2. The third-order valence-corrected chi connectivity index (χ3v) is 7.50. The summed E-state index contributed by atoms with van der Waals surface area (Å²) in [4.78, 5) is 18.1. The lowest BCUT2D eigenvalue weighted by molar-refractivity contribution is -0.131. The Bertz CT molecular complexity index is 1040. The van der Waals surface area contributed by atoms with Crippen LogP contribution in [-0.4, -0.2) is 36.6 Å². The van der Waals surface area contributed by atoms with Crippen molar-refractivity contribution in [1.82, 2.24) is 30.5 Å². The summed E-state index contributed by atoms with van der Waals surface area (Å²) in [5.41, 5.74) is 2.18. The molecule has 150 valence electrons. The molecule has 2 unspecified atom stereocenters. The molecule has 2 N–H and O–H groups in total. The average molecular weight is 390 g/mol. The molecule has 1 amide bonds. The Morgan fingerprint density at radius 2 is 2.03 bits per heavy atom. The number of carbonyl (C=O) groups is 1. The highest BCUT2D eigenvalue weighted by Crippen LogP contribution is 2.60. The van der Waals surface area contributed by atoms with Crippen LogP contribution in [0.4, 0.5) is 0 Å². The lowest BCUT2D eigenvalue weighted by Gasteiger charge is -2.61. The quantitative estimate of drug-likeness (QED) is 0.701. The van der Waals surface area contributed by atoms with Crippen molar-refractivity contribution in [2.24, 2.45) is 11.8 Å². The molecule has 2 atom stereocenters. The zero-order valence-electron chi connectivity index (χ0n) is 16.5. The number of hydrogen-bond acceptors (Lipinski definition) is 4. The first-order valence-electron chi connectivity index (χ1n) is 10.7. The van der Waals surface area contributed by atoms with Gasteiger partial charge in [0.2, 0.25) is 5.91 Å². The largest absolute Gasteiger partial charge is 0.361 e. The standard InChI is InChI=1S/C22H26N6O/c29-20(6-5-17-12-23-19-4-2-1-3-18(17)19)26-21-8-15-7-16(9-21)11-22(10-15,13-21)28-25-14-24-27-28/h1-4,12,14-16,23H,5-11,13H2,(H,26,29). The van der Waals surface area contributed by atoms with Crippen molar-refractivity contribution in [2.45, 2.75) is 62.4 Å². The smallest absolute Gasteiger partial charge is 0.220 e. The molecule has 7 nitrogen and oxygen atoms in total. The second-order valence-electron chi connectivity index (χ2n) is 9.60. The van der Waals surface area contributed by atoms with Crippen molar-refractivity contribution < 1.29 is 4.79 Å². The van der Waals surface area contributed by atoms with Crippen LogP contribution < -0.4 is 5.32 Å². The fourth-order valence-corrected chi connectivity index (χ4v) is 6.92.